The fraction of sp³-hybridized carbons (Fsp3) is 0.133. The Kier molecular flexibility index (Phi) is 2.95. The SMILES string of the molecule is Cc1cc(C)nc(NC(=O)c2nc3ccccc3[nH]2)c1. The molecule has 0 spiro atoms. The number of hydrogen-bond acceptors (Lipinski definition) is 3. The van der Waals surface area contributed by atoms with Crippen molar-refractivity contribution in [2.75, 3.05) is 5.32 Å². The summed E-state index contributed by atoms with van der Waals surface area (Å²) in [6, 6.07) is 11.3. The lowest BCUT2D eigenvalue weighted by Gasteiger charge is -2.04. The van der Waals surface area contributed by atoms with E-state index in [-0.39, 0.29) is 11.7 Å². The average Bonchev–Trinajstić information content (AvgIpc) is 2.81. The molecule has 5 heteroatoms. The number of imidazole rings is 1. The number of aromatic nitrogens is 3. The Balaban J connectivity index is 1.88. The first kappa shape index (κ1) is 12.3. The summed E-state index contributed by atoms with van der Waals surface area (Å²) in [5, 5.41) is 2.76. The number of para-hydroxylation sites is 2. The number of aromatic amines is 1. The van der Waals surface area contributed by atoms with Crippen LogP contribution in [0.4, 0.5) is 5.82 Å². The second kappa shape index (κ2) is 4.77. The number of fused-ring (bicyclic) bond motifs is 1. The zero-order valence-corrected chi connectivity index (χ0v) is 11.3. The van der Waals surface area contributed by atoms with Crippen molar-refractivity contribution in [1.29, 1.82) is 0 Å². The van der Waals surface area contributed by atoms with Gasteiger partial charge >= 0.3 is 0 Å². The van der Waals surface area contributed by atoms with Gasteiger partial charge in [0.1, 0.15) is 5.82 Å². The zero-order chi connectivity index (χ0) is 14.1. The molecule has 2 heterocycles. The Labute approximate surface area is 116 Å². The first-order valence-electron chi connectivity index (χ1n) is 6.33. The molecule has 100 valence electrons. The van der Waals surface area contributed by atoms with Crippen LogP contribution in [0.1, 0.15) is 21.9 Å². The molecule has 2 aromatic heterocycles. The highest BCUT2D eigenvalue weighted by Gasteiger charge is 2.12. The second-order valence-corrected chi connectivity index (χ2v) is 4.73. The second-order valence-electron chi connectivity index (χ2n) is 4.73. The van der Waals surface area contributed by atoms with Crippen LogP contribution < -0.4 is 5.32 Å². The number of nitrogens with zero attached hydrogens (tertiary/aromatic N) is 2. The first-order valence-corrected chi connectivity index (χ1v) is 6.33. The van der Waals surface area contributed by atoms with Crippen LogP contribution in [0.2, 0.25) is 0 Å². The minimum Gasteiger partial charge on any atom is -0.334 e. The molecule has 2 N–H and O–H groups in total. The van der Waals surface area contributed by atoms with E-state index in [2.05, 4.69) is 20.3 Å². The lowest BCUT2D eigenvalue weighted by molar-refractivity contribution is 0.101. The van der Waals surface area contributed by atoms with Gasteiger partial charge in [0.05, 0.1) is 11.0 Å². The summed E-state index contributed by atoms with van der Waals surface area (Å²) in [6.07, 6.45) is 0. The van der Waals surface area contributed by atoms with Gasteiger partial charge in [-0.1, -0.05) is 12.1 Å². The predicted octanol–water partition coefficient (Wildman–Crippen LogP) is 2.83. The van der Waals surface area contributed by atoms with Gasteiger partial charge in [0.2, 0.25) is 0 Å². The molecule has 0 bridgehead atoms. The van der Waals surface area contributed by atoms with Gasteiger partial charge in [0.15, 0.2) is 5.82 Å². The van der Waals surface area contributed by atoms with Crippen LogP contribution in [0.5, 0.6) is 0 Å². The highest BCUT2D eigenvalue weighted by molar-refractivity contribution is 6.02. The highest BCUT2D eigenvalue weighted by atomic mass is 16.2. The molecule has 0 atom stereocenters. The maximum Gasteiger partial charge on any atom is 0.292 e. The Hall–Kier alpha value is -2.69. The van der Waals surface area contributed by atoms with Gasteiger partial charge < -0.3 is 10.3 Å². The summed E-state index contributed by atoms with van der Waals surface area (Å²) in [5.41, 5.74) is 3.53. The quantitative estimate of drug-likeness (QED) is 0.749. The molecule has 0 saturated heterocycles. The molecule has 1 amide bonds. The molecule has 0 aliphatic carbocycles. The lowest BCUT2D eigenvalue weighted by atomic mass is 10.2. The van der Waals surface area contributed by atoms with Gasteiger partial charge in [-0.25, -0.2) is 9.97 Å². The van der Waals surface area contributed by atoms with E-state index in [4.69, 9.17) is 0 Å². The van der Waals surface area contributed by atoms with Crippen molar-refractivity contribution < 1.29 is 4.79 Å². The number of rotatable bonds is 2. The molecule has 0 aliphatic heterocycles. The molecule has 0 fully saturated rings. The van der Waals surface area contributed by atoms with E-state index >= 15 is 0 Å². The minimum absolute atomic E-state index is 0.284. The molecular formula is C15H14N4O. The molecule has 0 aliphatic rings. The van der Waals surface area contributed by atoms with Crippen molar-refractivity contribution in [3.05, 3.63) is 53.5 Å². The van der Waals surface area contributed by atoms with Gasteiger partial charge in [0.25, 0.3) is 5.91 Å². The van der Waals surface area contributed by atoms with Gasteiger partial charge in [0, 0.05) is 5.69 Å². The molecule has 20 heavy (non-hydrogen) atoms. The summed E-state index contributed by atoms with van der Waals surface area (Å²) in [4.78, 5) is 23.7. The number of carbonyl (C=O) groups is 1. The fourth-order valence-electron chi connectivity index (χ4n) is 2.14. The molecule has 0 saturated carbocycles. The van der Waals surface area contributed by atoms with Crippen LogP contribution in [0.3, 0.4) is 0 Å². The Morgan fingerprint density at radius 2 is 1.95 bits per heavy atom. The summed E-state index contributed by atoms with van der Waals surface area (Å²) in [7, 11) is 0. The maximum absolute atomic E-state index is 12.2. The van der Waals surface area contributed by atoms with E-state index in [1.165, 1.54) is 0 Å². The minimum atomic E-state index is -0.293. The van der Waals surface area contributed by atoms with Gasteiger partial charge in [-0.15, -0.1) is 0 Å². The molecule has 0 radical (unpaired) electrons. The van der Waals surface area contributed by atoms with Crippen molar-refractivity contribution in [2.24, 2.45) is 0 Å². The van der Waals surface area contributed by atoms with Crippen molar-refractivity contribution in [2.45, 2.75) is 13.8 Å². The first-order chi connectivity index (χ1) is 9.61. The number of nitrogens with one attached hydrogen (secondary N) is 2. The van der Waals surface area contributed by atoms with Crippen molar-refractivity contribution in [1.82, 2.24) is 15.0 Å². The maximum atomic E-state index is 12.2. The van der Waals surface area contributed by atoms with Crippen molar-refractivity contribution in [3.63, 3.8) is 0 Å². The number of benzene rings is 1. The van der Waals surface area contributed by atoms with E-state index in [1.54, 1.807) is 0 Å². The molecular weight excluding hydrogens is 252 g/mol. The van der Waals surface area contributed by atoms with Crippen LogP contribution in [0.25, 0.3) is 11.0 Å². The molecule has 5 nitrogen and oxygen atoms in total. The number of anilines is 1. The van der Waals surface area contributed by atoms with Crippen molar-refractivity contribution in [3.8, 4) is 0 Å². The van der Waals surface area contributed by atoms with Crippen molar-refractivity contribution >= 4 is 22.8 Å². The van der Waals surface area contributed by atoms with Crippen LogP contribution in [0.15, 0.2) is 36.4 Å². The van der Waals surface area contributed by atoms with Gasteiger partial charge in [-0.3, -0.25) is 4.79 Å². The number of aryl methyl sites for hydroxylation is 2. The van der Waals surface area contributed by atoms with Crippen LogP contribution in [-0.2, 0) is 0 Å². The fourth-order valence-corrected chi connectivity index (χ4v) is 2.14. The smallest absolute Gasteiger partial charge is 0.292 e. The topological polar surface area (TPSA) is 70.7 Å². The van der Waals surface area contributed by atoms with E-state index in [9.17, 15) is 4.79 Å². The summed E-state index contributed by atoms with van der Waals surface area (Å²) < 4.78 is 0. The standard InChI is InChI=1S/C15H14N4O/c1-9-7-10(2)16-13(8-9)19-15(20)14-17-11-5-3-4-6-12(11)18-14/h3-8H,1-2H3,(H,17,18)(H,16,19,20). The number of H-pyrrole nitrogens is 1. The third-order valence-corrected chi connectivity index (χ3v) is 2.94. The summed E-state index contributed by atoms with van der Waals surface area (Å²) in [5.74, 6) is 0.527. The van der Waals surface area contributed by atoms with Gasteiger partial charge in [-0.2, -0.15) is 0 Å². The monoisotopic (exact) mass is 266 g/mol. The van der Waals surface area contributed by atoms with Crippen LogP contribution in [-0.4, -0.2) is 20.9 Å². The third-order valence-electron chi connectivity index (χ3n) is 2.94. The normalized spacial score (nSPS) is 10.7. The number of pyridine rings is 1. The van der Waals surface area contributed by atoms with E-state index in [1.807, 2.05) is 50.2 Å². The van der Waals surface area contributed by atoms with Gasteiger partial charge in [-0.05, 0) is 43.7 Å². The lowest BCUT2D eigenvalue weighted by Crippen LogP contribution is -2.15. The number of carbonyl (C=O) groups excluding carboxylic acids is 1. The Morgan fingerprint density at radius 1 is 1.15 bits per heavy atom. The van der Waals surface area contributed by atoms with E-state index < -0.39 is 0 Å². The Bertz CT molecular complexity index is 738. The Morgan fingerprint density at radius 3 is 2.70 bits per heavy atom. The third kappa shape index (κ3) is 2.38. The summed E-state index contributed by atoms with van der Waals surface area (Å²) >= 11 is 0. The molecule has 3 rings (SSSR count). The largest absolute Gasteiger partial charge is 0.334 e. The van der Waals surface area contributed by atoms with Crippen LogP contribution >= 0.6 is 0 Å². The molecule has 3 aromatic rings. The van der Waals surface area contributed by atoms with E-state index in [0.29, 0.717) is 5.82 Å². The zero-order valence-electron chi connectivity index (χ0n) is 11.3. The van der Waals surface area contributed by atoms with E-state index in [0.717, 1.165) is 22.3 Å². The predicted molar refractivity (Wildman–Crippen MR) is 77.8 cm³/mol. The molecule has 1 aromatic carbocycles. The summed E-state index contributed by atoms with van der Waals surface area (Å²) in [6.45, 7) is 3.86. The number of amides is 1. The number of hydrogen-bond donors (Lipinski definition) is 2. The van der Waals surface area contributed by atoms with Crippen LogP contribution in [0, 0.1) is 13.8 Å². The molecule has 0 unspecified atom stereocenters. The highest BCUT2D eigenvalue weighted by Crippen LogP contribution is 2.13. The average molecular weight is 266 g/mol.